The second-order valence-electron chi connectivity index (χ2n) is 7.12. The number of rotatable bonds is 3. The van der Waals surface area contributed by atoms with Gasteiger partial charge in [-0.25, -0.2) is 4.98 Å². The van der Waals surface area contributed by atoms with Crippen molar-refractivity contribution in [3.8, 4) is 0 Å². The topological polar surface area (TPSA) is 66.7 Å². The highest BCUT2D eigenvalue weighted by atomic mass is 16.3. The highest BCUT2D eigenvalue weighted by molar-refractivity contribution is 5.87. The first kappa shape index (κ1) is 16.1. The number of carbonyl (C=O) groups excluding carboxylic acids is 2. The molecule has 3 heterocycles. The Balaban J connectivity index is 1.34. The molecule has 4 rings (SSSR count). The van der Waals surface area contributed by atoms with Crippen molar-refractivity contribution in [3.05, 3.63) is 30.2 Å². The first-order chi connectivity index (χ1) is 12.1. The van der Waals surface area contributed by atoms with E-state index in [1.165, 1.54) is 0 Å². The molecule has 1 atom stereocenters. The van der Waals surface area contributed by atoms with Crippen molar-refractivity contribution in [3.63, 3.8) is 0 Å². The van der Waals surface area contributed by atoms with Gasteiger partial charge in [-0.3, -0.25) is 9.59 Å². The lowest BCUT2D eigenvalue weighted by Crippen LogP contribution is -2.44. The summed E-state index contributed by atoms with van der Waals surface area (Å²) < 4.78 is 5.87. The number of carbonyl (C=O) groups is 2. The molecule has 0 aliphatic carbocycles. The van der Waals surface area contributed by atoms with Crippen LogP contribution in [0.1, 0.15) is 38.0 Å². The Morgan fingerprint density at radius 3 is 2.64 bits per heavy atom. The molecule has 2 aliphatic heterocycles. The van der Waals surface area contributed by atoms with Crippen molar-refractivity contribution in [1.29, 1.82) is 0 Å². The summed E-state index contributed by atoms with van der Waals surface area (Å²) >= 11 is 0. The lowest BCUT2D eigenvalue weighted by atomic mass is 9.97. The van der Waals surface area contributed by atoms with Crippen LogP contribution in [0.2, 0.25) is 0 Å². The summed E-state index contributed by atoms with van der Waals surface area (Å²) in [4.78, 5) is 32.6. The number of amides is 2. The number of nitrogens with zero attached hydrogens (tertiary/aromatic N) is 3. The van der Waals surface area contributed by atoms with Gasteiger partial charge < -0.3 is 14.2 Å². The zero-order chi connectivity index (χ0) is 17.4. The average molecular weight is 341 g/mol. The molecule has 0 N–H and O–H groups in total. The number of piperidine rings is 1. The van der Waals surface area contributed by atoms with Gasteiger partial charge in [0.25, 0.3) is 0 Å². The molecular formula is C19H23N3O3. The molecule has 2 aromatic rings. The summed E-state index contributed by atoms with van der Waals surface area (Å²) in [5, 5.41) is 0. The van der Waals surface area contributed by atoms with Gasteiger partial charge in [-0.15, -0.1) is 0 Å². The van der Waals surface area contributed by atoms with Gasteiger partial charge in [0.15, 0.2) is 11.5 Å². The fraction of sp³-hybridized carbons (Fsp3) is 0.526. The number of fused-ring (bicyclic) bond motifs is 1. The zero-order valence-electron chi connectivity index (χ0n) is 14.5. The lowest BCUT2D eigenvalue weighted by Gasteiger charge is -2.31. The van der Waals surface area contributed by atoms with Crippen molar-refractivity contribution in [2.75, 3.05) is 26.2 Å². The van der Waals surface area contributed by atoms with E-state index in [2.05, 4.69) is 4.98 Å². The van der Waals surface area contributed by atoms with E-state index < -0.39 is 0 Å². The molecule has 2 fully saturated rings. The van der Waals surface area contributed by atoms with Gasteiger partial charge in [-0.2, -0.15) is 0 Å². The number of hydrogen-bond donors (Lipinski definition) is 0. The molecule has 1 aromatic heterocycles. The van der Waals surface area contributed by atoms with Crippen LogP contribution in [0.15, 0.2) is 28.7 Å². The van der Waals surface area contributed by atoms with Crippen LogP contribution in [-0.2, 0) is 9.59 Å². The minimum absolute atomic E-state index is 0.0534. The molecule has 2 amide bonds. The van der Waals surface area contributed by atoms with Crippen LogP contribution in [0.3, 0.4) is 0 Å². The van der Waals surface area contributed by atoms with Gasteiger partial charge in [0.05, 0.1) is 6.54 Å². The Morgan fingerprint density at radius 2 is 1.96 bits per heavy atom. The van der Waals surface area contributed by atoms with Gasteiger partial charge in [-0.1, -0.05) is 19.1 Å². The van der Waals surface area contributed by atoms with Crippen molar-refractivity contribution in [2.45, 2.75) is 32.1 Å². The molecule has 1 unspecified atom stereocenters. The highest BCUT2D eigenvalue weighted by Crippen LogP contribution is 2.30. The Bertz CT molecular complexity index is 759. The molecule has 132 valence electrons. The molecule has 2 saturated heterocycles. The molecule has 0 bridgehead atoms. The van der Waals surface area contributed by atoms with E-state index >= 15 is 0 Å². The number of oxazole rings is 1. The minimum atomic E-state index is 0.0534. The lowest BCUT2D eigenvalue weighted by molar-refractivity contribution is -0.140. The average Bonchev–Trinajstić information content (AvgIpc) is 3.20. The Morgan fingerprint density at radius 1 is 1.20 bits per heavy atom. The van der Waals surface area contributed by atoms with E-state index in [1.807, 2.05) is 36.1 Å². The smallest absolute Gasteiger partial charge is 0.242 e. The first-order valence-electron chi connectivity index (χ1n) is 9.04. The van der Waals surface area contributed by atoms with E-state index in [-0.39, 0.29) is 30.2 Å². The van der Waals surface area contributed by atoms with Crippen molar-refractivity contribution < 1.29 is 14.0 Å². The fourth-order valence-corrected chi connectivity index (χ4v) is 3.76. The number of hydrogen-bond acceptors (Lipinski definition) is 4. The van der Waals surface area contributed by atoms with E-state index in [1.54, 1.807) is 4.90 Å². The summed E-state index contributed by atoms with van der Waals surface area (Å²) in [7, 11) is 0. The third kappa shape index (κ3) is 3.13. The Kier molecular flexibility index (Phi) is 4.19. The van der Waals surface area contributed by atoms with E-state index in [9.17, 15) is 9.59 Å². The maximum atomic E-state index is 12.5. The van der Waals surface area contributed by atoms with Gasteiger partial charge in [0.1, 0.15) is 5.52 Å². The summed E-state index contributed by atoms with van der Waals surface area (Å²) in [5.41, 5.74) is 1.70. The van der Waals surface area contributed by atoms with E-state index in [4.69, 9.17) is 4.42 Å². The van der Waals surface area contributed by atoms with Crippen molar-refractivity contribution in [2.24, 2.45) is 5.92 Å². The highest BCUT2D eigenvalue weighted by Gasteiger charge is 2.32. The second kappa shape index (κ2) is 6.50. The molecule has 6 nitrogen and oxygen atoms in total. The molecule has 0 saturated carbocycles. The maximum Gasteiger partial charge on any atom is 0.242 e. The minimum Gasteiger partial charge on any atom is -0.440 e. The van der Waals surface area contributed by atoms with Crippen LogP contribution < -0.4 is 0 Å². The molecule has 2 aliphatic rings. The number of aromatic nitrogens is 1. The number of likely N-dealkylation sites (tertiary alicyclic amines) is 2. The van der Waals surface area contributed by atoms with Crippen LogP contribution in [0.25, 0.3) is 11.1 Å². The summed E-state index contributed by atoms with van der Waals surface area (Å²) in [6.45, 7) is 4.24. The van der Waals surface area contributed by atoms with E-state index in [0.717, 1.165) is 36.3 Å². The summed E-state index contributed by atoms with van der Waals surface area (Å²) in [6.07, 6.45) is 2.55. The number of para-hydroxylation sites is 2. The van der Waals surface area contributed by atoms with E-state index in [0.29, 0.717) is 19.6 Å². The predicted octanol–water partition coefficient (Wildman–Crippen LogP) is 2.40. The third-order valence-electron chi connectivity index (χ3n) is 5.40. The SMILES string of the molecule is CC1CCN(CC(=O)N2CCC(c3nc4ccccc4o3)CC2)C1=O. The van der Waals surface area contributed by atoms with Crippen LogP contribution in [0, 0.1) is 5.92 Å². The quantitative estimate of drug-likeness (QED) is 0.860. The fourth-order valence-electron chi connectivity index (χ4n) is 3.76. The van der Waals surface area contributed by atoms with Crippen LogP contribution in [-0.4, -0.2) is 52.8 Å². The standard InChI is InChI=1S/C19H23N3O3/c1-13-6-9-22(19(13)24)12-17(23)21-10-7-14(8-11-21)18-20-15-4-2-3-5-16(15)25-18/h2-5,13-14H,6-12H2,1H3. The van der Waals surface area contributed by atoms with Crippen LogP contribution >= 0.6 is 0 Å². The largest absolute Gasteiger partial charge is 0.440 e. The van der Waals surface area contributed by atoms with Gasteiger partial charge in [0.2, 0.25) is 11.8 Å². The second-order valence-corrected chi connectivity index (χ2v) is 7.12. The molecule has 0 radical (unpaired) electrons. The molecule has 25 heavy (non-hydrogen) atoms. The maximum absolute atomic E-state index is 12.5. The first-order valence-corrected chi connectivity index (χ1v) is 9.04. The van der Waals surface area contributed by atoms with Crippen molar-refractivity contribution >= 4 is 22.9 Å². The molecule has 6 heteroatoms. The Hall–Kier alpha value is -2.37. The Labute approximate surface area is 146 Å². The van der Waals surface area contributed by atoms with Crippen LogP contribution in [0.5, 0.6) is 0 Å². The molecule has 1 aromatic carbocycles. The van der Waals surface area contributed by atoms with Crippen LogP contribution in [0.4, 0.5) is 0 Å². The molecule has 0 spiro atoms. The molecular weight excluding hydrogens is 318 g/mol. The zero-order valence-corrected chi connectivity index (χ0v) is 14.5. The normalized spacial score (nSPS) is 22.1. The van der Waals surface area contributed by atoms with Gasteiger partial charge in [-0.05, 0) is 31.4 Å². The predicted molar refractivity (Wildman–Crippen MR) is 92.9 cm³/mol. The monoisotopic (exact) mass is 341 g/mol. The van der Waals surface area contributed by atoms with Crippen molar-refractivity contribution in [1.82, 2.24) is 14.8 Å². The van der Waals surface area contributed by atoms with Gasteiger partial charge in [0, 0.05) is 31.5 Å². The summed E-state index contributed by atoms with van der Waals surface area (Å²) in [5.74, 6) is 1.24. The summed E-state index contributed by atoms with van der Waals surface area (Å²) in [6, 6.07) is 7.78. The third-order valence-corrected chi connectivity index (χ3v) is 5.40. The number of benzene rings is 1. The van der Waals surface area contributed by atoms with Gasteiger partial charge >= 0.3 is 0 Å².